The Bertz CT molecular complexity index is 860. The first-order valence-corrected chi connectivity index (χ1v) is 13.4. The molecule has 3 aromatic carbocycles. The lowest BCUT2D eigenvalue weighted by atomic mass is 10.2. The van der Waals surface area contributed by atoms with E-state index in [1.807, 2.05) is 72.8 Å². The van der Waals surface area contributed by atoms with E-state index in [2.05, 4.69) is 20.8 Å². The molecule has 6 nitrogen and oxygen atoms in total. The van der Waals surface area contributed by atoms with E-state index in [-0.39, 0.29) is 0 Å². The molecule has 37 heavy (non-hydrogen) atoms. The molecule has 0 N–H and O–H groups in total. The summed E-state index contributed by atoms with van der Waals surface area (Å²) in [6.45, 7) is 8.51. The Morgan fingerprint density at radius 2 is 0.649 bits per heavy atom. The second kappa shape index (κ2) is 16.3. The monoisotopic (exact) mass is 506 g/mol. The standard InChI is InChI=1S/C30H39BO6/c1-4-7-22-32-25-10-16-28(17-11-25)35-31(36-29-18-12-26(13-19-29)33-23-8-5-2)37-30-20-14-27(15-21-30)34-24-9-6-3/h10-21H,4-9,22-24H2,1-3H3. The van der Waals surface area contributed by atoms with Gasteiger partial charge in [0.1, 0.15) is 34.5 Å². The van der Waals surface area contributed by atoms with Crippen LogP contribution in [0, 0.1) is 0 Å². The molecule has 0 fully saturated rings. The van der Waals surface area contributed by atoms with Gasteiger partial charge in [-0.25, -0.2) is 0 Å². The lowest BCUT2D eigenvalue weighted by Crippen LogP contribution is -2.36. The van der Waals surface area contributed by atoms with Crippen LogP contribution in [0.25, 0.3) is 0 Å². The van der Waals surface area contributed by atoms with Crippen molar-refractivity contribution in [2.45, 2.75) is 59.3 Å². The number of hydrogen-bond donors (Lipinski definition) is 0. The maximum Gasteiger partial charge on any atom is 0.864 e. The van der Waals surface area contributed by atoms with Crippen LogP contribution < -0.4 is 28.2 Å². The molecule has 0 aliphatic rings. The van der Waals surface area contributed by atoms with Gasteiger partial charge in [0.05, 0.1) is 19.8 Å². The molecule has 0 heterocycles. The predicted octanol–water partition coefficient (Wildman–Crippen LogP) is 7.75. The molecule has 0 saturated carbocycles. The van der Waals surface area contributed by atoms with E-state index < -0.39 is 7.32 Å². The van der Waals surface area contributed by atoms with Crippen LogP contribution in [0.4, 0.5) is 0 Å². The third kappa shape index (κ3) is 10.6. The van der Waals surface area contributed by atoms with Crippen LogP contribution in [0.2, 0.25) is 0 Å². The Hall–Kier alpha value is -3.48. The highest BCUT2D eigenvalue weighted by atomic mass is 16.7. The second-order valence-corrected chi connectivity index (χ2v) is 8.66. The molecule has 0 atom stereocenters. The summed E-state index contributed by atoms with van der Waals surface area (Å²) in [5.41, 5.74) is 0. The SMILES string of the molecule is CCCCOc1ccc(OB(Oc2ccc(OCCCC)cc2)Oc2ccc(OCCCC)cc2)cc1. The van der Waals surface area contributed by atoms with Crippen molar-refractivity contribution in [2.24, 2.45) is 0 Å². The molecule has 198 valence electrons. The fourth-order valence-corrected chi connectivity index (χ4v) is 3.25. The van der Waals surface area contributed by atoms with Crippen molar-refractivity contribution in [3.05, 3.63) is 72.8 Å². The summed E-state index contributed by atoms with van der Waals surface area (Å²) < 4.78 is 35.4. The van der Waals surface area contributed by atoms with Gasteiger partial charge in [0, 0.05) is 0 Å². The van der Waals surface area contributed by atoms with Crippen LogP contribution in [0.5, 0.6) is 34.5 Å². The fraction of sp³-hybridized carbons (Fsp3) is 0.400. The minimum absolute atomic E-state index is 0.604. The first-order chi connectivity index (χ1) is 18.2. The topological polar surface area (TPSA) is 55.4 Å². The highest BCUT2D eigenvalue weighted by Crippen LogP contribution is 2.24. The number of benzene rings is 3. The lowest BCUT2D eigenvalue weighted by molar-refractivity contribution is 0.298. The van der Waals surface area contributed by atoms with Crippen molar-refractivity contribution in [3.63, 3.8) is 0 Å². The van der Waals surface area contributed by atoms with E-state index >= 15 is 0 Å². The highest BCUT2D eigenvalue weighted by molar-refractivity contribution is 6.39. The molecule has 7 heteroatoms. The van der Waals surface area contributed by atoms with Crippen molar-refractivity contribution < 1.29 is 28.2 Å². The van der Waals surface area contributed by atoms with Gasteiger partial charge in [-0.2, -0.15) is 0 Å². The van der Waals surface area contributed by atoms with E-state index in [0.717, 1.165) is 55.8 Å². The van der Waals surface area contributed by atoms with Gasteiger partial charge in [-0.1, -0.05) is 40.0 Å². The van der Waals surface area contributed by atoms with Crippen molar-refractivity contribution in [3.8, 4) is 34.5 Å². The maximum absolute atomic E-state index is 6.06. The number of rotatable bonds is 18. The fourth-order valence-electron chi connectivity index (χ4n) is 3.25. The smallest absolute Gasteiger partial charge is 0.494 e. The Kier molecular flexibility index (Phi) is 12.4. The largest absolute Gasteiger partial charge is 0.864 e. The van der Waals surface area contributed by atoms with Gasteiger partial charge in [0.15, 0.2) is 0 Å². The second-order valence-electron chi connectivity index (χ2n) is 8.66. The zero-order chi connectivity index (χ0) is 26.1. The van der Waals surface area contributed by atoms with Gasteiger partial charge < -0.3 is 28.2 Å². The summed E-state index contributed by atoms with van der Waals surface area (Å²) in [7, 11) is -1.01. The lowest BCUT2D eigenvalue weighted by Gasteiger charge is -2.17. The molecule has 3 aromatic rings. The summed E-state index contributed by atoms with van der Waals surface area (Å²) in [5, 5.41) is 0. The van der Waals surface area contributed by atoms with Crippen LogP contribution in [-0.4, -0.2) is 27.1 Å². The Morgan fingerprint density at radius 3 is 0.892 bits per heavy atom. The van der Waals surface area contributed by atoms with Crippen LogP contribution >= 0.6 is 0 Å². The zero-order valence-corrected chi connectivity index (χ0v) is 22.3. The van der Waals surface area contributed by atoms with Crippen LogP contribution in [0.1, 0.15) is 59.3 Å². The predicted molar refractivity (Wildman–Crippen MR) is 148 cm³/mol. The molecule has 0 aliphatic carbocycles. The van der Waals surface area contributed by atoms with E-state index in [0.29, 0.717) is 37.1 Å². The highest BCUT2D eigenvalue weighted by Gasteiger charge is 2.30. The summed E-state index contributed by atoms with van der Waals surface area (Å²) in [5.74, 6) is 4.22. The number of hydrogen-bond acceptors (Lipinski definition) is 6. The molecule has 0 unspecified atom stereocenters. The Balaban J connectivity index is 1.66. The first kappa shape index (κ1) is 28.1. The molecule has 0 spiro atoms. The van der Waals surface area contributed by atoms with Gasteiger partial charge >= 0.3 is 7.32 Å². The average molecular weight is 506 g/mol. The maximum atomic E-state index is 6.06. The first-order valence-electron chi connectivity index (χ1n) is 13.4. The minimum Gasteiger partial charge on any atom is -0.494 e. The Morgan fingerprint density at radius 1 is 0.405 bits per heavy atom. The average Bonchev–Trinajstić information content (AvgIpc) is 2.92. The third-order valence-corrected chi connectivity index (χ3v) is 5.47. The molecular formula is C30H39BO6. The van der Waals surface area contributed by atoms with Gasteiger partial charge in [-0.3, -0.25) is 0 Å². The van der Waals surface area contributed by atoms with Crippen molar-refractivity contribution >= 4 is 7.32 Å². The summed E-state index contributed by atoms with van der Waals surface area (Å²) in [6.07, 6.45) is 6.34. The molecule has 0 radical (unpaired) electrons. The molecule has 0 aromatic heterocycles. The quantitative estimate of drug-likeness (QED) is 0.130. The van der Waals surface area contributed by atoms with E-state index in [1.54, 1.807) is 0 Å². The van der Waals surface area contributed by atoms with Crippen LogP contribution in [-0.2, 0) is 0 Å². The van der Waals surface area contributed by atoms with E-state index in [1.165, 1.54) is 0 Å². The summed E-state index contributed by atoms with van der Waals surface area (Å²) in [4.78, 5) is 0. The van der Waals surface area contributed by atoms with Gasteiger partial charge in [-0.05, 0) is 92.1 Å². The van der Waals surface area contributed by atoms with Gasteiger partial charge in [0.2, 0.25) is 0 Å². The van der Waals surface area contributed by atoms with Gasteiger partial charge in [0.25, 0.3) is 0 Å². The van der Waals surface area contributed by atoms with Crippen molar-refractivity contribution in [1.82, 2.24) is 0 Å². The van der Waals surface area contributed by atoms with Crippen molar-refractivity contribution in [1.29, 1.82) is 0 Å². The Labute approximate surface area is 222 Å². The third-order valence-electron chi connectivity index (χ3n) is 5.47. The zero-order valence-electron chi connectivity index (χ0n) is 22.3. The molecule has 3 rings (SSSR count). The van der Waals surface area contributed by atoms with Gasteiger partial charge in [-0.15, -0.1) is 0 Å². The molecule has 0 saturated heterocycles. The van der Waals surface area contributed by atoms with E-state index in [4.69, 9.17) is 28.2 Å². The molecule has 0 amide bonds. The van der Waals surface area contributed by atoms with Crippen LogP contribution in [0.3, 0.4) is 0 Å². The van der Waals surface area contributed by atoms with E-state index in [9.17, 15) is 0 Å². The summed E-state index contributed by atoms with van der Waals surface area (Å²) in [6, 6.07) is 22.4. The van der Waals surface area contributed by atoms with Crippen LogP contribution in [0.15, 0.2) is 72.8 Å². The number of unbranched alkanes of at least 4 members (excludes halogenated alkanes) is 3. The number of ether oxygens (including phenoxy) is 3. The minimum atomic E-state index is -1.01. The molecule has 0 bridgehead atoms. The van der Waals surface area contributed by atoms with Crippen molar-refractivity contribution in [2.75, 3.05) is 19.8 Å². The normalized spacial score (nSPS) is 10.5. The molecular weight excluding hydrogens is 467 g/mol. The summed E-state index contributed by atoms with van der Waals surface area (Å²) >= 11 is 0. The molecule has 0 aliphatic heterocycles.